The lowest BCUT2D eigenvalue weighted by Crippen LogP contribution is -2.60. The van der Waals surface area contributed by atoms with Crippen molar-refractivity contribution < 1.29 is 4.74 Å². The molecule has 3 rings (SSSR count). The molecule has 2 unspecified atom stereocenters. The first-order valence-electron chi connectivity index (χ1n) is 7.23. The number of ether oxygens (including phenoxy) is 1. The van der Waals surface area contributed by atoms with Crippen molar-refractivity contribution in [1.82, 2.24) is 15.3 Å². The number of aromatic nitrogens is 2. The minimum Gasteiger partial charge on any atom is -0.381 e. The Hall–Kier alpha value is -1.30. The fourth-order valence-electron chi connectivity index (χ4n) is 2.85. The van der Waals surface area contributed by atoms with Gasteiger partial charge in [0.05, 0.1) is 17.5 Å². The van der Waals surface area contributed by atoms with Gasteiger partial charge in [-0.1, -0.05) is 19.9 Å². The molecular formula is C16H21N3OS. The summed E-state index contributed by atoms with van der Waals surface area (Å²) in [6.07, 6.45) is 3.23. The first kappa shape index (κ1) is 14.6. The van der Waals surface area contributed by atoms with Crippen molar-refractivity contribution >= 4 is 11.3 Å². The number of rotatable bonds is 5. The van der Waals surface area contributed by atoms with Gasteiger partial charge in [-0.05, 0) is 18.6 Å². The third-order valence-electron chi connectivity index (χ3n) is 4.43. The van der Waals surface area contributed by atoms with Crippen molar-refractivity contribution in [1.29, 1.82) is 0 Å². The van der Waals surface area contributed by atoms with E-state index in [1.165, 1.54) is 0 Å². The van der Waals surface area contributed by atoms with Crippen molar-refractivity contribution in [2.75, 3.05) is 7.11 Å². The molecule has 0 spiro atoms. The molecule has 112 valence electrons. The van der Waals surface area contributed by atoms with Crippen molar-refractivity contribution in [3.8, 4) is 10.7 Å². The second kappa shape index (κ2) is 5.83. The van der Waals surface area contributed by atoms with Gasteiger partial charge in [-0.25, -0.2) is 4.98 Å². The molecule has 0 bridgehead atoms. The number of methoxy groups -OCH3 is 1. The maximum Gasteiger partial charge on any atom is 0.142 e. The summed E-state index contributed by atoms with van der Waals surface area (Å²) in [7, 11) is 1.79. The van der Waals surface area contributed by atoms with Gasteiger partial charge in [0.2, 0.25) is 0 Å². The van der Waals surface area contributed by atoms with E-state index >= 15 is 0 Å². The molecule has 0 radical (unpaired) electrons. The van der Waals surface area contributed by atoms with Gasteiger partial charge in [-0.3, -0.25) is 4.98 Å². The topological polar surface area (TPSA) is 47.0 Å². The first-order chi connectivity index (χ1) is 10.1. The smallest absolute Gasteiger partial charge is 0.142 e. The molecule has 1 N–H and O–H groups in total. The average Bonchev–Trinajstić information content (AvgIpc) is 2.96. The van der Waals surface area contributed by atoms with E-state index < -0.39 is 0 Å². The largest absolute Gasteiger partial charge is 0.381 e. The molecule has 21 heavy (non-hydrogen) atoms. The highest BCUT2D eigenvalue weighted by Crippen LogP contribution is 2.42. The number of nitrogens with one attached hydrogen (secondary N) is 1. The summed E-state index contributed by atoms with van der Waals surface area (Å²) in [4.78, 5) is 9.00. The molecule has 2 atom stereocenters. The second-order valence-electron chi connectivity index (χ2n) is 6.07. The molecular weight excluding hydrogens is 282 g/mol. The highest BCUT2D eigenvalue weighted by atomic mass is 32.1. The standard InChI is InChI=1S/C16H21N3OS/c1-16(2)13(8-14(16)20-3)18-9-11-10-21-15(19-11)12-6-4-5-7-17-12/h4-7,10,13-14,18H,8-9H2,1-3H3. The minimum atomic E-state index is 0.189. The third-order valence-corrected chi connectivity index (χ3v) is 5.34. The lowest BCUT2D eigenvalue weighted by atomic mass is 9.64. The molecule has 2 aromatic rings. The van der Waals surface area contributed by atoms with Crippen LogP contribution in [0.15, 0.2) is 29.8 Å². The van der Waals surface area contributed by atoms with E-state index in [9.17, 15) is 0 Å². The Kier molecular flexibility index (Phi) is 4.06. The van der Waals surface area contributed by atoms with Gasteiger partial charge in [-0.2, -0.15) is 0 Å². The number of hydrogen-bond donors (Lipinski definition) is 1. The summed E-state index contributed by atoms with van der Waals surface area (Å²) < 4.78 is 5.48. The molecule has 0 aromatic carbocycles. The maximum absolute atomic E-state index is 5.48. The summed E-state index contributed by atoms with van der Waals surface area (Å²) in [6, 6.07) is 6.39. The molecule has 1 aliphatic rings. The minimum absolute atomic E-state index is 0.189. The molecule has 2 aromatic heterocycles. The Morgan fingerprint density at radius 2 is 2.29 bits per heavy atom. The van der Waals surface area contributed by atoms with Crippen LogP contribution < -0.4 is 5.32 Å². The van der Waals surface area contributed by atoms with Crippen molar-refractivity contribution in [3.63, 3.8) is 0 Å². The highest BCUT2D eigenvalue weighted by molar-refractivity contribution is 7.13. The number of nitrogens with zero attached hydrogens (tertiary/aromatic N) is 2. The van der Waals surface area contributed by atoms with E-state index in [0.717, 1.165) is 29.4 Å². The SMILES string of the molecule is COC1CC(NCc2csc(-c3ccccn3)n2)C1(C)C. The van der Waals surface area contributed by atoms with E-state index in [4.69, 9.17) is 4.74 Å². The molecule has 0 aliphatic heterocycles. The molecule has 1 fully saturated rings. The Morgan fingerprint density at radius 1 is 1.43 bits per heavy atom. The fourth-order valence-corrected chi connectivity index (χ4v) is 3.65. The van der Waals surface area contributed by atoms with Gasteiger partial charge in [-0.15, -0.1) is 11.3 Å². The number of pyridine rings is 1. The quantitative estimate of drug-likeness (QED) is 0.922. The zero-order chi connectivity index (χ0) is 14.9. The lowest BCUT2D eigenvalue weighted by Gasteiger charge is -2.51. The van der Waals surface area contributed by atoms with Crippen LogP contribution in [0, 0.1) is 5.41 Å². The van der Waals surface area contributed by atoms with Gasteiger partial charge < -0.3 is 10.1 Å². The van der Waals surface area contributed by atoms with Crippen LogP contribution in [0.5, 0.6) is 0 Å². The van der Waals surface area contributed by atoms with Gasteiger partial charge in [0.25, 0.3) is 0 Å². The van der Waals surface area contributed by atoms with E-state index in [0.29, 0.717) is 12.1 Å². The highest BCUT2D eigenvalue weighted by Gasteiger charge is 2.48. The van der Waals surface area contributed by atoms with Crippen LogP contribution in [-0.4, -0.2) is 29.2 Å². The van der Waals surface area contributed by atoms with Crippen LogP contribution in [0.3, 0.4) is 0 Å². The predicted molar refractivity (Wildman–Crippen MR) is 85.2 cm³/mol. The summed E-state index contributed by atoms with van der Waals surface area (Å²) >= 11 is 1.65. The van der Waals surface area contributed by atoms with Gasteiger partial charge in [0.15, 0.2) is 0 Å². The van der Waals surface area contributed by atoms with Crippen LogP contribution >= 0.6 is 11.3 Å². The number of hydrogen-bond acceptors (Lipinski definition) is 5. The molecule has 0 amide bonds. The summed E-state index contributed by atoms with van der Waals surface area (Å²) in [5.74, 6) is 0. The Morgan fingerprint density at radius 3 is 2.95 bits per heavy atom. The predicted octanol–water partition coefficient (Wildman–Crippen LogP) is 3.11. The van der Waals surface area contributed by atoms with Crippen molar-refractivity contribution in [3.05, 3.63) is 35.5 Å². The first-order valence-corrected chi connectivity index (χ1v) is 8.11. The summed E-state index contributed by atoms with van der Waals surface area (Å²) in [5.41, 5.74) is 2.21. The van der Waals surface area contributed by atoms with Crippen LogP contribution in [0.4, 0.5) is 0 Å². The van der Waals surface area contributed by atoms with Crippen LogP contribution in [-0.2, 0) is 11.3 Å². The monoisotopic (exact) mass is 303 g/mol. The Bertz CT molecular complexity index is 597. The van der Waals surface area contributed by atoms with E-state index in [1.807, 2.05) is 18.2 Å². The third kappa shape index (κ3) is 2.86. The molecule has 2 heterocycles. The molecule has 1 aliphatic carbocycles. The summed E-state index contributed by atoms with van der Waals surface area (Å²) in [6.45, 7) is 5.30. The Labute approximate surface area is 129 Å². The zero-order valence-corrected chi connectivity index (χ0v) is 13.5. The van der Waals surface area contributed by atoms with Crippen LogP contribution in [0.2, 0.25) is 0 Å². The lowest BCUT2D eigenvalue weighted by molar-refractivity contribution is -0.0979. The van der Waals surface area contributed by atoms with Gasteiger partial charge in [0.1, 0.15) is 5.01 Å². The van der Waals surface area contributed by atoms with E-state index in [-0.39, 0.29) is 5.41 Å². The van der Waals surface area contributed by atoms with Crippen LogP contribution in [0.25, 0.3) is 10.7 Å². The number of thiazole rings is 1. The van der Waals surface area contributed by atoms with Crippen molar-refractivity contribution in [2.45, 2.75) is 39.0 Å². The van der Waals surface area contributed by atoms with E-state index in [2.05, 4.69) is 34.5 Å². The molecule has 5 heteroatoms. The van der Waals surface area contributed by atoms with Gasteiger partial charge >= 0.3 is 0 Å². The molecule has 0 saturated heterocycles. The molecule has 1 saturated carbocycles. The van der Waals surface area contributed by atoms with E-state index in [1.54, 1.807) is 24.6 Å². The average molecular weight is 303 g/mol. The fraction of sp³-hybridized carbons (Fsp3) is 0.500. The van der Waals surface area contributed by atoms with Crippen LogP contribution in [0.1, 0.15) is 26.0 Å². The second-order valence-corrected chi connectivity index (χ2v) is 6.93. The zero-order valence-electron chi connectivity index (χ0n) is 12.7. The maximum atomic E-state index is 5.48. The normalized spacial score (nSPS) is 23.8. The summed E-state index contributed by atoms with van der Waals surface area (Å²) in [5, 5.41) is 6.69. The van der Waals surface area contributed by atoms with Gasteiger partial charge in [0, 0.05) is 36.7 Å². The molecule has 4 nitrogen and oxygen atoms in total. The Balaban J connectivity index is 1.59. The van der Waals surface area contributed by atoms with Crippen molar-refractivity contribution in [2.24, 2.45) is 5.41 Å².